The summed E-state index contributed by atoms with van der Waals surface area (Å²) in [5, 5.41) is 0. The number of imide groups is 1. The monoisotopic (exact) mass is 246 g/mol. The van der Waals surface area contributed by atoms with Crippen LogP contribution in [0.4, 0.5) is 11.4 Å². The van der Waals surface area contributed by atoms with Gasteiger partial charge in [-0.05, 0) is 37.1 Å². The van der Waals surface area contributed by atoms with Crippen LogP contribution in [0.1, 0.15) is 31.4 Å². The lowest BCUT2D eigenvalue weighted by molar-refractivity contribution is -0.124. The van der Waals surface area contributed by atoms with Gasteiger partial charge >= 0.3 is 0 Å². The molecule has 0 aromatic heterocycles. The van der Waals surface area contributed by atoms with Gasteiger partial charge in [0.2, 0.25) is 11.8 Å². The Bertz CT molecular complexity index is 547. The van der Waals surface area contributed by atoms with E-state index < -0.39 is 5.41 Å². The van der Waals surface area contributed by atoms with Gasteiger partial charge in [-0.25, -0.2) is 4.90 Å². The molecule has 2 amide bonds. The van der Waals surface area contributed by atoms with Gasteiger partial charge in [0.25, 0.3) is 0 Å². The van der Waals surface area contributed by atoms with E-state index in [-0.39, 0.29) is 18.2 Å². The molecule has 2 rings (SSSR count). The Morgan fingerprint density at radius 3 is 2.28 bits per heavy atom. The van der Waals surface area contributed by atoms with Crippen LogP contribution in [0.25, 0.3) is 0 Å². The third-order valence-electron chi connectivity index (χ3n) is 3.45. The van der Waals surface area contributed by atoms with Crippen LogP contribution in [0.5, 0.6) is 0 Å². The summed E-state index contributed by atoms with van der Waals surface area (Å²) in [4.78, 5) is 25.6. The molecule has 0 unspecified atom stereocenters. The number of hydrogen-bond donors (Lipinski definition) is 1. The number of nitrogens with two attached hydrogens (primary N) is 1. The first-order valence-corrected chi connectivity index (χ1v) is 5.98. The molecule has 1 saturated heterocycles. The molecule has 1 aromatic carbocycles. The molecule has 0 saturated carbocycles. The number of amides is 2. The lowest BCUT2D eigenvalue weighted by Gasteiger charge is -2.20. The molecular weight excluding hydrogens is 228 g/mol. The van der Waals surface area contributed by atoms with Crippen molar-refractivity contribution in [2.45, 2.75) is 34.1 Å². The highest BCUT2D eigenvalue weighted by atomic mass is 16.2. The van der Waals surface area contributed by atoms with Crippen LogP contribution in [0.15, 0.2) is 12.1 Å². The molecule has 2 N–H and O–H groups in total. The Hall–Kier alpha value is -1.84. The fourth-order valence-electron chi connectivity index (χ4n) is 2.26. The fraction of sp³-hybridized carbons (Fsp3) is 0.429. The van der Waals surface area contributed by atoms with E-state index in [1.807, 2.05) is 19.9 Å². The SMILES string of the molecule is Cc1cc(N2C(=O)CC(C)(C)C2=O)c(C)cc1N. The van der Waals surface area contributed by atoms with Crippen molar-refractivity contribution in [1.29, 1.82) is 0 Å². The Labute approximate surface area is 107 Å². The molecule has 0 radical (unpaired) electrons. The van der Waals surface area contributed by atoms with E-state index in [0.29, 0.717) is 11.4 Å². The van der Waals surface area contributed by atoms with E-state index in [1.54, 1.807) is 19.9 Å². The minimum atomic E-state index is -0.612. The maximum atomic E-state index is 12.3. The Morgan fingerprint density at radius 2 is 1.78 bits per heavy atom. The Balaban J connectivity index is 2.53. The first kappa shape index (κ1) is 12.6. The fourth-order valence-corrected chi connectivity index (χ4v) is 2.26. The molecular formula is C14H18N2O2. The van der Waals surface area contributed by atoms with Crippen LogP contribution < -0.4 is 10.6 Å². The predicted octanol–water partition coefficient (Wildman–Crippen LogP) is 2.18. The highest BCUT2D eigenvalue weighted by Crippen LogP contribution is 2.37. The van der Waals surface area contributed by atoms with Gasteiger partial charge in [0, 0.05) is 12.1 Å². The van der Waals surface area contributed by atoms with Gasteiger partial charge in [-0.3, -0.25) is 9.59 Å². The summed E-state index contributed by atoms with van der Waals surface area (Å²) in [5.41, 5.74) is 8.26. The van der Waals surface area contributed by atoms with Gasteiger partial charge in [-0.15, -0.1) is 0 Å². The van der Waals surface area contributed by atoms with Crippen molar-refractivity contribution in [3.05, 3.63) is 23.3 Å². The number of nitrogen functional groups attached to an aromatic ring is 1. The zero-order valence-corrected chi connectivity index (χ0v) is 11.2. The van der Waals surface area contributed by atoms with Crippen LogP contribution in [0, 0.1) is 19.3 Å². The summed E-state index contributed by atoms with van der Waals surface area (Å²) < 4.78 is 0. The standard InChI is InChI=1S/C14H18N2O2/c1-8-6-11(9(2)5-10(8)15)16-12(17)7-14(3,4)13(16)18/h5-6H,7,15H2,1-4H3. The smallest absolute Gasteiger partial charge is 0.239 e. The molecule has 0 aliphatic carbocycles. The van der Waals surface area contributed by atoms with E-state index in [4.69, 9.17) is 5.73 Å². The molecule has 1 fully saturated rings. The molecule has 4 nitrogen and oxygen atoms in total. The van der Waals surface area contributed by atoms with E-state index in [9.17, 15) is 9.59 Å². The summed E-state index contributed by atoms with van der Waals surface area (Å²) in [7, 11) is 0. The molecule has 0 spiro atoms. The second-order valence-corrected chi connectivity index (χ2v) is 5.59. The maximum absolute atomic E-state index is 12.3. The molecule has 1 aliphatic rings. The largest absolute Gasteiger partial charge is 0.399 e. The first-order chi connectivity index (χ1) is 8.24. The van der Waals surface area contributed by atoms with Gasteiger partial charge in [0.1, 0.15) is 0 Å². The Kier molecular flexibility index (Phi) is 2.69. The lowest BCUT2D eigenvalue weighted by atomic mass is 9.92. The number of carbonyl (C=O) groups excluding carboxylic acids is 2. The number of aryl methyl sites for hydroxylation is 2. The van der Waals surface area contributed by atoms with Gasteiger partial charge in [-0.2, -0.15) is 0 Å². The number of carbonyl (C=O) groups is 2. The third kappa shape index (κ3) is 1.78. The van der Waals surface area contributed by atoms with Crippen molar-refractivity contribution in [2.24, 2.45) is 5.41 Å². The summed E-state index contributed by atoms with van der Waals surface area (Å²) >= 11 is 0. The van der Waals surface area contributed by atoms with Gasteiger partial charge in [0.05, 0.1) is 11.1 Å². The second kappa shape index (κ2) is 3.83. The zero-order chi connectivity index (χ0) is 13.7. The number of anilines is 2. The molecule has 1 aromatic rings. The van der Waals surface area contributed by atoms with Crippen LogP contribution in [-0.2, 0) is 9.59 Å². The van der Waals surface area contributed by atoms with Crippen LogP contribution >= 0.6 is 0 Å². The molecule has 1 heterocycles. The quantitative estimate of drug-likeness (QED) is 0.610. The molecule has 96 valence electrons. The van der Waals surface area contributed by atoms with E-state index >= 15 is 0 Å². The molecule has 0 atom stereocenters. The van der Waals surface area contributed by atoms with Crippen LogP contribution in [-0.4, -0.2) is 11.8 Å². The summed E-state index contributed by atoms with van der Waals surface area (Å²) in [6.07, 6.45) is 0.259. The molecule has 0 bridgehead atoms. The van der Waals surface area contributed by atoms with Gasteiger partial charge in [-0.1, -0.05) is 13.8 Å². The molecule has 18 heavy (non-hydrogen) atoms. The topological polar surface area (TPSA) is 63.4 Å². The van der Waals surface area contributed by atoms with Crippen molar-refractivity contribution in [3.8, 4) is 0 Å². The van der Waals surface area contributed by atoms with Crippen LogP contribution in [0.3, 0.4) is 0 Å². The number of benzene rings is 1. The number of rotatable bonds is 1. The molecule has 4 heteroatoms. The van der Waals surface area contributed by atoms with Crippen LogP contribution in [0.2, 0.25) is 0 Å². The maximum Gasteiger partial charge on any atom is 0.239 e. The predicted molar refractivity (Wildman–Crippen MR) is 71.2 cm³/mol. The normalized spacial score (nSPS) is 18.6. The van der Waals surface area contributed by atoms with E-state index in [2.05, 4.69) is 0 Å². The zero-order valence-electron chi connectivity index (χ0n) is 11.2. The first-order valence-electron chi connectivity index (χ1n) is 5.98. The van der Waals surface area contributed by atoms with Gasteiger partial charge in [0.15, 0.2) is 0 Å². The lowest BCUT2D eigenvalue weighted by Crippen LogP contribution is -2.33. The summed E-state index contributed by atoms with van der Waals surface area (Å²) in [6.45, 7) is 7.32. The van der Waals surface area contributed by atoms with Crippen molar-refractivity contribution in [1.82, 2.24) is 0 Å². The third-order valence-corrected chi connectivity index (χ3v) is 3.45. The number of nitrogens with zero attached hydrogens (tertiary/aromatic N) is 1. The van der Waals surface area contributed by atoms with Crippen molar-refractivity contribution in [2.75, 3.05) is 10.6 Å². The summed E-state index contributed by atoms with van der Waals surface area (Å²) in [5.74, 6) is -0.281. The average molecular weight is 246 g/mol. The van der Waals surface area contributed by atoms with E-state index in [0.717, 1.165) is 11.1 Å². The average Bonchev–Trinajstić information content (AvgIpc) is 2.43. The van der Waals surface area contributed by atoms with E-state index in [1.165, 1.54) is 4.90 Å². The van der Waals surface area contributed by atoms with Crippen molar-refractivity contribution < 1.29 is 9.59 Å². The van der Waals surface area contributed by atoms with Crippen molar-refractivity contribution in [3.63, 3.8) is 0 Å². The van der Waals surface area contributed by atoms with Crippen molar-refractivity contribution >= 4 is 23.2 Å². The number of hydrogen-bond acceptors (Lipinski definition) is 3. The highest BCUT2D eigenvalue weighted by Gasteiger charge is 2.45. The summed E-state index contributed by atoms with van der Waals surface area (Å²) in [6, 6.07) is 3.61. The second-order valence-electron chi connectivity index (χ2n) is 5.59. The van der Waals surface area contributed by atoms with Gasteiger partial charge < -0.3 is 5.73 Å². The Morgan fingerprint density at radius 1 is 1.17 bits per heavy atom. The highest BCUT2D eigenvalue weighted by molar-refractivity contribution is 6.22. The minimum Gasteiger partial charge on any atom is -0.399 e. The molecule has 1 aliphatic heterocycles. The minimum absolute atomic E-state index is 0.139.